The molecule has 16 heavy (non-hydrogen) atoms. The molecule has 2 rings (SSSR count). The fraction of sp³-hybridized carbons (Fsp3) is 0. The molecule has 0 bridgehead atoms. The van der Waals surface area contributed by atoms with E-state index in [4.69, 9.17) is 23.2 Å². The van der Waals surface area contributed by atoms with Crippen LogP contribution in [0.5, 0.6) is 0 Å². The molecule has 0 saturated heterocycles. The maximum atomic E-state index is 5.97. The smallest absolute Gasteiger partial charge is 0.0540 e. The second kappa shape index (κ2) is 5.63. The van der Waals surface area contributed by atoms with Crippen LogP contribution in [0.2, 0.25) is 10.0 Å². The molecule has 0 fully saturated rings. The van der Waals surface area contributed by atoms with Crippen LogP contribution in [0.4, 0.5) is 0 Å². The van der Waals surface area contributed by atoms with Crippen molar-refractivity contribution in [1.82, 2.24) is 0 Å². The Hall–Kier alpha value is 0.1000. The van der Waals surface area contributed by atoms with Crippen molar-refractivity contribution < 1.29 is 0 Å². The quantitative estimate of drug-likeness (QED) is 0.597. The number of benzene rings is 2. The highest BCUT2D eigenvalue weighted by molar-refractivity contribution is 14.1. The van der Waals surface area contributed by atoms with E-state index < -0.39 is 0 Å². The lowest BCUT2D eigenvalue weighted by Gasteiger charge is -2.03. The highest BCUT2D eigenvalue weighted by Gasteiger charge is 2.01. The first-order chi connectivity index (χ1) is 7.65. The Morgan fingerprint density at radius 2 is 1.50 bits per heavy atom. The topological polar surface area (TPSA) is 0 Å². The standard InChI is InChI=1S/C12H7Cl2IS/c13-8-1-3-9(4-2-8)16-10-5-6-11(14)12(15)7-10/h1-7H. The molecule has 0 heterocycles. The van der Waals surface area contributed by atoms with Crippen molar-refractivity contribution in [2.24, 2.45) is 0 Å². The average molecular weight is 381 g/mol. The maximum Gasteiger partial charge on any atom is 0.0540 e. The number of hydrogen-bond donors (Lipinski definition) is 0. The van der Waals surface area contributed by atoms with Gasteiger partial charge >= 0.3 is 0 Å². The third-order valence-corrected chi connectivity index (χ3v) is 4.73. The Morgan fingerprint density at radius 3 is 2.12 bits per heavy atom. The summed E-state index contributed by atoms with van der Waals surface area (Å²) in [5, 5.41) is 1.55. The fourth-order valence-corrected chi connectivity index (χ4v) is 3.01. The van der Waals surface area contributed by atoms with Gasteiger partial charge in [0.05, 0.1) is 5.02 Å². The van der Waals surface area contributed by atoms with Crippen LogP contribution in [0, 0.1) is 3.57 Å². The summed E-state index contributed by atoms with van der Waals surface area (Å²) in [6.07, 6.45) is 0. The molecule has 0 aliphatic rings. The molecule has 2 aromatic rings. The van der Waals surface area contributed by atoms with Crippen molar-refractivity contribution in [3.05, 3.63) is 56.1 Å². The molecule has 0 aromatic heterocycles. The first kappa shape index (κ1) is 12.6. The largest absolute Gasteiger partial charge is 0.0901 e. The van der Waals surface area contributed by atoms with E-state index in [0.29, 0.717) is 0 Å². The van der Waals surface area contributed by atoms with Crippen LogP contribution in [0.15, 0.2) is 52.3 Å². The molecule has 0 spiro atoms. The van der Waals surface area contributed by atoms with Crippen molar-refractivity contribution in [2.75, 3.05) is 0 Å². The Bertz CT molecular complexity index is 497. The van der Waals surface area contributed by atoms with Crippen LogP contribution in [0.3, 0.4) is 0 Å². The first-order valence-corrected chi connectivity index (χ1v) is 7.19. The first-order valence-electron chi connectivity index (χ1n) is 4.53. The van der Waals surface area contributed by atoms with Gasteiger partial charge in [-0.15, -0.1) is 0 Å². The molecule has 0 nitrogen and oxygen atoms in total. The van der Waals surface area contributed by atoms with Gasteiger partial charge in [-0.1, -0.05) is 35.0 Å². The zero-order chi connectivity index (χ0) is 11.5. The molecule has 0 aliphatic carbocycles. The Morgan fingerprint density at radius 1 is 0.875 bits per heavy atom. The van der Waals surface area contributed by atoms with E-state index in [2.05, 4.69) is 28.7 Å². The molecule has 4 heteroatoms. The lowest BCUT2D eigenvalue weighted by Crippen LogP contribution is -1.77. The third kappa shape index (κ3) is 3.29. The molecule has 82 valence electrons. The molecule has 0 saturated carbocycles. The Kier molecular flexibility index (Phi) is 4.41. The highest BCUT2D eigenvalue weighted by atomic mass is 127. The van der Waals surface area contributed by atoms with Gasteiger partial charge in [0, 0.05) is 18.4 Å². The minimum absolute atomic E-state index is 0.759. The van der Waals surface area contributed by atoms with Crippen molar-refractivity contribution in [3.63, 3.8) is 0 Å². The molecule has 2 aromatic carbocycles. The van der Waals surface area contributed by atoms with Gasteiger partial charge in [0.2, 0.25) is 0 Å². The maximum absolute atomic E-state index is 5.97. The van der Waals surface area contributed by atoms with Gasteiger partial charge in [-0.2, -0.15) is 0 Å². The summed E-state index contributed by atoms with van der Waals surface area (Å²) in [5.41, 5.74) is 0. The second-order valence-electron chi connectivity index (χ2n) is 3.13. The fourth-order valence-electron chi connectivity index (χ4n) is 1.18. The summed E-state index contributed by atoms with van der Waals surface area (Å²) in [6.45, 7) is 0. The Balaban J connectivity index is 2.20. The Labute approximate surface area is 122 Å². The van der Waals surface area contributed by atoms with Gasteiger partial charge in [0.1, 0.15) is 0 Å². The van der Waals surface area contributed by atoms with Gasteiger partial charge in [-0.3, -0.25) is 0 Å². The molecular formula is C12H7Cl2IS. The number of rotatable bonds is 2. The van der Waals surface area contributed by atoms with Crippen molar-refractivity contribution >= 4 is 57.6 Å². The lowest BCUT2D eigenvalue weighted by molar-refractivity contribution is 1.39. The van der Waals surface area contributed by atoms with Crippen LogP contribution in [0.25, 0.3) is 0 Å². The van der Waals surface area contributed by atoms with E-state index >= 15 is 0 Å². The minimum Gasteiger partial charge on any atom is -0.0901 e. The SMILES string of the molecule is Clc1ccc(Sc2ccc(Cl)c(I)c2)cc1. The summed E-state index contributed by atoms with van der Waals surface area (Å²) in [4.78, 5) is 2.35. The molecule has 0 atom stereocenters. The molecule has 0 N–H and O–H groups in total. The third-order valence-electron chi connectivity index (χ3n) is 1.94. The van der Waals surface area contributed by atoms with Crippen LogP contribution in [0.1, 0.15) is 0 Å². The zero-order valence-electron chi connectivity index (χ0n) is 8.08. The monoisotopic (exact) mass is 380 g/mol. The van der Waals surface area contributed by atoms with E-state index in [-0.39, 0.29) is 0 Å². The van der Waals surface area contributed by atoms with Gasteiger partial charge in [-0.05, 0) is 65.1 Å². The summed E-state index contributed by atoms with van der Waals surface area (Å²) < 4.78 is 1.07. The molecule has 0 aliphatic heterocycles. The summed E-state index contributed by atoms with van der Waals surface area (Å²) in [5.74, 6) is 0. The predicted molar refractivity (Wildman–Crippen MR) is 79.7 cm³/mol. The van der Waals surface area contributed by atoms with Gasteiger partial charge in [-0.25, -0.2) is 0 Å². The molecule has 0 amide bonds. The zero-order valence-corrected chi connectivity index (χ0v) is 12.6. The van der Waals surface area contributed by atoms with Gasteiger partial charge in [0.25, 0.3) is 0 Å². The predicted octanol–water partition coefficient (Wildman–Crippen LogP) is 5.75. The summed E-state index contributed by atoms with van der Waals surface area (Å²) in [6, 6.07) is 13.8. The van der Waals surface area contributed by atoms with Crippen molar-refractivity contribution in [3.8, 4) is 0 Å². The molecular weight excluding hydrogens is 374 g/mol. The average Bonchev–Trinajstić information content (AvgIpc) is 2.27. The van der Waals surface area contributed by atoms with Crippen LogP contribution < -0.4 is 0 Å². The number of halogens is 3. The van der Waals surface area contributed by atoms with E-state index in [0.717, 1.165) is 13.6 Å². The number of hydrogen-bond acceptors (Lipinski definition) is 1. The molecule has 0 unspecified atom stereocenters. The summed E-state index contributed by atoms with van der Waals surface area (Å²) >= 11 is 15.7. The van der Waals surface area contributed by atoms with Crippen LogP contribution in [-0.4, -0.2) is 0 Å². The molecule has 0 radical (unpaired) electrons. The highest BCUT2D eigenvalue weighted by Crippen LogP contribution is 2.31. The van der Waals surface area contributed by atoms with Crippen molar-refractivity contribution in [2.45, 2.75) is 9.79 Å². The lowest BCUT2D eigenvalue weighted by atomic mass is 10.4. The van der Waals surface area contributed by atoms with E-state index in [1.165, 1.54) is 9.79 Å². The van der Waals surface area contributed by atoms with E-state index in [9.17, 15) is 0 Å². The second-order valence-corrected chi connectivity index (χ2v) is 6.28. The minimum atomic E-state index is 0.759. The van der Waals surface area contributed by atoms with Gasteiger partial charge < -0.3 is 0 Å². The van der Waals surface area contributed by atoms with Crippen LogP contribution >= 0.6 is 57.6 Å². The normalized spacial score (nSPS) is 10.4. The van der Waals surface area contributed by atoms with Crippen LogP contribution in [-0.2, 0) is 0 Å². The van der Waals surface area contributed by atoms with E-state index in [1.807, 2.05) is 36.4 Å². The summed E-state index contributed by atoms with van der Waals surface area (Å²) in [7, 11) is 0. The van der Waals surface area contributed by atoms with Gasteiger partial charge in [0.15, 0.2) is 0 Å². The van der Waals surface area contributed by atoms with Crippen molar-refractivity contribution in [1.29, 1.82) is 0 Å². The van der Waals surface area contributed by atoms with E-state index in [1.54, 1.807) is 11.8 Å².